The lowest BCUT2D eigenvalue weighted by Gasteiger charge is -2.27. The lowest BCUT2D eigenvalue weighted by Crippen LogP contribution is -2.42. The van der Waals surface area contributed by atoms with Gasteiger partial charge in [0, 0.05) is 12.6 Å². The summed E-state index contributed by atoms with van der Waals surface area (Å²) in [7, 11) is 0. The minimum absolute atomic E-state index is 0.151. The number of hydrogen-bond donors (Lipinski definition) is 1. The molecule has 3 unspecified atom stereocenters. The van der Waals surface area contributed by atoms with Crippen LogP contribution in [0.25, 0.3) is 0 Å². The van der Waals surface area contributed by atoms with Crippen LogP contribution in [0.4, 0.5) is 0 Å². The summed E-state index contributed by atoms with van der Waals surface area (Å²) in [6, 6.07) is 0.302. The average Bonchev–Trinajstić information content (AvgIpc) is 2.63. The SMILES string of the molecule is CC(OC1CCCCCC1)C(=O)N1CC(CN)CC1C. The van der Waals surface area contributed by atoms with E-state index in [0.29, 0.717) is 18.5 Å². The van der Waals surface area contributed by atoms with Crippen LogP contribution in [0.5, 0.6) is 0 Å². The predicted octanol–water partition coefficient (Wildman–Crippen LogP) is 2.31. The highest BCUT2D eigenvalue weighted by molar-refractivity contribution is 5.81. The Balaban J connectivity index is 1.85. The monoisotopic (exact) mass is 282 g/mol. The molecule has 2 fully saturated rings. The van der Waals surface area contributed by atoms with Gasteiger partial charge in [-0.2, -0.15) is 0 Å². The Bertz CT molecular complexity index is 314. The molecule has 0 bridgehead atoms. The fraction of sp³-hybridized carbons (Fsp3) is 0.938. The van der Waals surface area contributed by atoms with E-state index >= 15 is 0 Å². The Hall–Kier alpha value is -0.610. The highest BCUT2D eigenvalue weighted by Gasteiger charge is 2.34. The first-order chi connectivity index (χ1) is 9.61. The van der Waals surface area contributed by atoms with Gasteiger partial charge in [0.1, 0.15) is 6.10 Å². The van der Waals surface area contributed by atoms with E-state index < -0.39 is 0 Å². The molecule has 0 spiro atoms. The molecule has 2 aliphatic rings. The molecule has 1 aliphatic heterocycles. The van der Waals surface area contributed by atoms with Crippen LogP contribution < -0.4 is 5.73 Å². The van der Waals surface area contributed by atoms with Crippen molar-refractivity contribution in [2.45, 2.75) is 77.0 Å². The molecule has 1 amide bonds. The molecule has 4 nitrogen and oxygen atoms in total. The summed E-state index contributed by atoms with van der Waals surface area (Å²) in [4.78, 5) is 14.5. The molecule has 2 rings (SSSR count). The second-order valence-electron chi connectivity index (χ2n) is 6.57. The van der Waals surface area contributed by atoms with Gasteiger partial charge in [0.05, 0.1) is 6.10 Å². The molecule has 0 radical (unpaired) electrons. The maximum absolute atomic E-state index is 12.5. The van der Waals surface area contributed by atoms with E-state index in [1.165, 1.54) is 25.7 Å². The van der Waals surface area contributed by atoms with Gasteiger partial charge >= 0.3 is 0 Å². The van der Waals surface area contributed by atoms with E-state index in [0.717, 1.165) is 25.8 Å². The minimum atomic E-state index is -0.308. The van der Waals surface area contributed by atoms with E-state index in [2.05, 4.69) is 6.92 Å². The summed E-state index contributed by atoms with van der Waals surface area (Å²) in [5, 5.41) is 0. The van der Waals surface area contributed by atoms with Crippen molar-refractivity contribution >= 4 is 5.91 Å². The third kappa shape index (κ3) is 3.95. The van der Waals surface area contributed by atoms with Gasteiger partial charge < -0.3 is 15.4 Å². The zero-order valence-corrected chi connectivity index (χ0v) is 13.0. The molecule has 0 aromatic rings. The zero-order chi connectivity index (χ0) is 14.5. The second kappa shape index (κ2) is 7.41. The second-order valence-corrected chi connectivity index (χ2v) is 6.57. The first kappa shape index (κ1) is 15.8. The molecule has 1 saturated carbocycles. The minimum Gasteiger partial charge on any atom is -0.365 e. The number of nitrogens with zero attached hydrogens (tertiary/aromatic N) is 1. The number of hydrogen-bond acceptors (Lipinski definition) is 3. The Kier molecular flexibility index (Phi) is 5.85. The van der Waals surface area contributed by atoms with Crippen LogP contribution in [0.3, 0.4) is 0 Å². The molecule has 0 aromatic carbocycles. The topological polar surface area (TPSA) is 55.6 Å². The molecule has 116 valence electrons. The fourth-order valence-electron chi connectivity index (χ4n) is 3.58. The maximum atomic E-state index is 12.5. The quantitative estimate of drug-likeness (QED) is 0.805. The predicted molar refractivity (Wildman–Crippen MR) is 80.4 cm³/mol. The number of nitrogens with two attached hydrogens (primary N) is 1. The van der Waals surface area contributed by atoms with Gasteiger partial charge in [-0.3, -0.25) is 4.79 Å². The first-order valence-corrected chi connectivity index (χ1v) is 8.27. The molecule has 3 atom stereocenters. The molecule has 4 heteroatoms. The van der Waals surface area contributed by atoms with Gasteiger partial charge in [-0.15, -0.1) is 0 Å². The number of likely N-dealkylation sites (tertiary alicyclic amines) is 1. The van der Waals surface area contributed by atoms with Crippen LogP contribution in [-0.2, 0) is 9.53 Å². The molecule has 1 heterocycles. The van der Waals surface area contributed by atoms with Crippen molar-refractivity contribution in [3.05, 3.63) is 0 Å². The summed E-state index contributed by atoms with van der Waals surface area (Å²) < 4.78 is 6.04. The first-order valence-electron chi connectivity index (χ1n) is 8.27. The number of ether oxygens (including phenoxy) is 1. The van der Waals surface area contributed by atoms with Crippen molar-refractivity contribution in [2.24, 2.45) is 11.7 Å². The number of carbonyl (C=O) groups excluding carboxylic acids is 1. The van der Waals surface area contributed by atoms with E-state index in [-0.39, 0.29) is 18.1 Å². The molecule has 20 heavy (non-hydrogen) atoms. The van der Waals surface area contributed by atoms with Gasteiger partial charge in [0.25, 0.3) is 5.91 Å². The van der Waals surface area contributed by atoms with Crippen molar-refractivity contribution in [3.63, 3.8) is 0 Å². The average molecular weight is 282 g/mol. The van der Waals surface area contributed by atoms with Crippen molar-refractivity contribution in [1.29, 1.82) is 0 Å². The van der Waals surface area contributed by atoms with Gasteiger partial charge in [-0.25, -0.2) is 0 Å². The smallest absolute Gasteiger partial charge is 0.251 e. The summed E-state index contributed by atoms with van der Waals surface area (Å²) in [5.41, 5.74) is 5.73. The summed E-state index contributed by atoms with van der Waals surface area (Å²) in [5.74, 6) is 0.608. The largest absolute Gasteiger partial charge is 0.365 e. The van der Waals surface area contributed by atoms with E-state index in [9.17, 15) is 4.79 Å². The van der Waals surface area contributed by atoms with Gasteiger partial charge in [-0.1, -0.05) is 25.7 Å². The highest BCUT2D eigenvalue weighted by atomic mass is 16.5. The fourth-order valence-corrected chi connectivity index (χ4v) is 3.58. The molecule has 0 aromatic heterocycles. The van der Waals surface area contributed by atoms with Crippen LogP contribution in [0.1, 0.15) is 58.8 Å². The third-order valence-corrected chi connectivity index (χ3v) is 4.82. The molecular formula is C16H30N2O2. The number of carbonyl (C=O) groups is 1. The molecular weight excluding hydrogens is 252 g/mol. The Morgan fingerprint density at radius 1 is 1.30 bits per heavy atom. The molecule has 1 saturated heterocycles. The van der Waals surface area contributed by atoms with Crippen molar-refractivity contribution in [1.82, 2.24) is 4.90 Å². The van der Waals surface area contributed by atoms with Crippen molar-refractivity contribution in [2.75, 3.05) is 13.1 Å². The van der Waals surface area contributed by atoms with Gasteiger partial charge in [0.2, 0.25) is 0 Å². The van der Waals surface area contributed by atoms with Crippen molar-refractivity contribution < 1.29 is 9.53 Å². The van der Waals surface area contributed by atoms with E-state index in [1.54, 1.807) is 0 Å². The summed E-state index contributed by atoms with van der Waals surface area (Å²) in [6.45, 7) is 5.50. The number of amides is 1. The van der Waals surface area contributed by atoms with Gasteiger partial charge in [0.15, 0.2) is 0 Å². The van der Waals surface area contributed by atoms with Crippen LogP contribution in [0, 0.1) is 5.92 Å². The lowest BCUT2D eigenvalue weighted by molar-refractivity contribution is -0.147. The Labute approximate surface area is 123 Å². The summed E-state index contributed by atoms with van der Waals surface area (Å²) in [6.07, 6.45) is 8.31. The van der Waals surface area contributed by atoms with Crippen LogP contribution in [0.15, 0.2) is 0 Å². The van der Waals surface area contributed by atoms with E-state index in [4.69, 9.17) is 10.5 Å². The van der Waals surface area contributed by atoms with Crippen LogP contribution in [0.2, 0.25) is 0 Å². The Morgan fingerprint density at radius 3 is 2.50 bits per heavy atom. The molecule has 1 aliphatic carbocycles. The number of rotatable bonds is 4. The zero-order valence-electron chi connectivity index (χ0n) is 13.0. The maximum Gasteiger partial charge on any atom is 0.251 e. The molecule has 2 N–H and O–H groups in total. The highest BCUT2D eigenvalue weighted by Crippen LogP contribution is 2.25. The lowest BCUT2D eigenvalue weighted by atomic mass is 10.1. The van der Waals surface area contributed by atoms with Crippen molar-refractivity contribution in [3.8, 4) is 0 Å². The standard InChI is InChI=1S/C16H30N2O2/c1-12-9-14(10-17)11-18(12)16(19)13(2)20-15-7-5-3-4-6-8-15/h12-15H,3-11,17H2,1-2H3. The normalized spacial score (nSPS) is 30.2. The van der Waals surface area contributed by atoms with E-state index in [1.807, 2.05) is 11.8 Å². The van der Waals surface area contributed by atoms with Crippen LogP contribution >= 0.6 is 0 Å². The van der Waals surface area contributed by atoms with Crippen LogP contribution in [-0.4, -0.2) is 42.1 Å². The van der Waals surface area contributed by atoms with Gasteiger partial charge in [-0.05, 0) is 45.6 Å². The Morgan fingerprint density at radius 2 is 1.95 bits per heavy atom. The summed E-state index contributed by atoms with van der Waals surface area (Å²) >= 11 is 0. The third-order valence-electron chi connectivity index (χ3n) is 4.82.